The van der Waals surface area contributed by atoms with Crippen LogP contribution < -0.4 is 0 Å². The molecule has 0 bridgehead atoms. The van der Waals surface area contributed by atoms with Crippen LogP contribution in [0, 0.1) is 0 Å². The molecule has 0 aliphatic heterocycles. The third-order valence-corrected chi connectivity index (χ3v) is 3.32. The topological polar surface area (TPSA) is 115 Å². The van der Waals surface area contributed by atoms with Crippen molar-refractivity contribution in [1.29, 1.82) is 0 Å². The summed E-state index contributed by atoms with van der Waals surface area (Å²) in [6, 6.07) is 7.66. The number of alkyl halides is 2. The lowest BCUT2D eigenvalue weighted by Gasteiger charge is -1.99. The maximum atomic E-state index is 11.0. The van der Waals surface area contributed by atoms with Gasteiger partial charge in [-0.2, -0.15) is 0 Å². The fraction of sp³-hybridized carbons (Fsp3) is 0.125. The normalized spacial score (nSPS) is 9.75. The third-order valence-electron chi connectivity index (χ3n) is 2.84. The standard InChI is InChI=1S/2C8H7ClO3/c2*9-4-8(12)5-1-2-6(10)7(11)3-5/h2*1-3,10-11H,4H2. The van der Waals surface area contributed by atoms with E-state index < -0.39 is 0 Å². The molecular weight excluding hydrogens is 359 g/mol. The van der Waals surface area contributed by atoms with Crippen molar-refractivity contribution in [1.82, 2.24) is 0 Å². The van der Waals surface area contributed by atoms with Crippen molar-refractivity contribution in [2.45, 2.75) is 0 Å². The lowest BCUT2D eigenvalue weighted by molar-refractivity contribution is 0.101. The van der Waals surface area contributed by atoms with Gasteiger partial charge in [0.1, 0.15) is 0 Å². The monoisotopic (exact) mass is 372 g/mol. The minimum absolute atomic E-state index is 0.135. The molecule has 0 radical (unpaired) electrons. The van der Waals surface area contributed by atoms with Gasteiger partial charge in [0.2, 0.25) is 0 Å². The summed E-state index contributed by atoms with van der Waals surface area (Å²) in [5.74, 6) is -1.97. The number of rotatable bonds is 4. The van der Waals surface area contributed by atoms with Gasteiger partial charge in [-0.25, -0.2) is 0 Å². The highest BCUT2D eigenvalue weighted by atomic mass is 35.5. The van der Waals surface area contributed by atoms with E-state index in [1.165, 1.54) is 36.4 Å². The number of carbonyl (C=O) groups excluding carboxylic acids is 2. The zero-order valence-corrected chi connectivity index (χ0v) is 13.8. The maximum absolute atomic E-state index is 11.0. The van der Waals surface area contributed by atoms with E-state index in [0.717, 1.165) is 0 Å². The molecule has 128 valence electrons. The van der Waals surface area contributed by atoms with E-state index in [4.69, 9.17) is 43.6 Å². The molecule has 0 atom stereocenters. The molecule has 0 aliphatic carbocycles. The largest absolute Gasteiger partial charge is 0.504 e. The number of ketones is 2. The van der Waals surface area contributed by atoms with Crippen LogP contribution in [0.5, 0.6) is 23.0 Å². The highest BCUT2D eigenvalue weighted by molar-refractivity contribution is 6.30. The molecule has 2 aromatic carbocycles. The van der Waals surface area contributed by atoms with E-state index >= 15 is 0 Å². The van der Waals surface area contributed by atoms with Crippen LogP contribution in [0.25, 0.3) is 0 Å². The van der Waals surface area contributed by atoms with Crippen LogP contribution >= 0.6 is 23.2 Å². The van der Waals surface area contributed by atoms with Crippen LogP contribution in [-0.2, 0) is 0 Å². The second-order valence-corrected chi connectivity index (χ2v) is 5.06. The number of carbonyl (C=O) groups is 2. The number of phenolic OH excluding ortho intramolecular Hbond substituents is 4. The average Bonchev–Trinajstić information content (AvgIpc) is 2.58. The van der Waals surface area contributed by atoms with E-state index in [0.29, 0.717) is 11.1 Å². The molecule has 0 unspecified atom stereocenters. The minimum Gasteiger partial charge on any atom is -0.504 e. The van der Waals surface area contributed by atoms with Gasteiger partial charge in [0.15, 0.2) is 34.6 Å². The van der Waals surface area contributed by atoms with Crippen molar-refractivity contribution in [3.05, 3.63) is 47.5 Å². The molecule has 24 heavy (non-hydrogen) atoms. The van der Waals surface area contributed by atoms with E-state index in [-0.39, 0.29) is 46.3 Å². The number of hydrogen-bond donors (Lipinski definition) is 4. The summed E-state index contributed by atoms with van der Waals surface area (Å²) in [5.41, 5.74) is 0.584. The van der Waals surface area contributed by atoms with Gasteiger partial charge in [-0.1, -0.05) is 0 Å². The number of phenols is 4. The predicted molar refractivity (Wildman–Crippen MR) is 89.6 cm³/mol. The van der Waals surface area contributed by atoms with Gasteiger partial charge < -0.3 is 20.4 Å². The summed E-state index contributed by atoms with van der Waals surface area (Å²) in [7, 11) is 0. The Balaban J connectivity index is 0.000000240. The van der Waals surface area contributed by atoms with E-state index in [1.54, 1.807) is 0 Å². The van der Waals surface area contributed by atoms with Gasteiger partial charge in [0.25, 0.3) is 0 Å². The first-order valence-electron chi connectivity index (χ1n) is 6.52. The van der Waals surface area contributed by atoms with Crippen LogP contribution in [0.3, 0.4) is 0 Å². The summed E-state index contributed by atoms with van der Waals surface area (Å²) >= 11 is 10.6. The lowest BCUT2D eigenvalue weighted by Crippen LogP contribution is -1.99. The molecule has 8 heteroatoms. The van der Waals surface area contributed by atoms with Crippen LogP contribution in [0.1, 0.15) is 20.7 Å². The SMILES string of the molecule is O=C(CCl)c1ccc(O)c(O)c1.O=C(CCl)c1ccc(O)c(O)c1. The van der Waals surface area contributed by atoms with Crippen LogP contribution in [0.2, 0.25) is 0 Å². The third kappa shape index (κ3) is 5.33. The number of benzene rings is 2. The Hall–Kier alpha value is -2.44. The van der Waals surface area contributed by atoms with Crippen molar-refractivity contribution in [2.75, 3.05) is 11.8 Å². The Morgan fingerprint density at radius 1 is 0.667 bits per heavy atom. The molecule has 0 spiro atoms. The van der Waals surface area contributed by atoms with Crippen LogP contribution in [0.4, 0.5) is 0 Å². The molecule has 2 aromatic rings. The molecule has 0 aliphatic rings. The maximum Gasteiger partial charge on any atom is 0.177 e. The van der Waals surface area contributed by atoms with Crippen molar-refractivity contribution >= 4 is 34.8 Å². The minimum atomic E-state index is -0.314. The quantitative estimate of drug-likeness (QED) is 0.372. The smallest absolute Gasteiger partial charge is 0.177 e. The zero-order chi connectivity index (χ0) is 18.3. The van der Waals surface area contributed by atoms with Gasteiger partial charge in [-0.15, -0.1) is 23.2 Å². The van der Waals surface area contributed by atoms with Crippen LogP contribution in [-0.4, -0.2) is 43.8 Å². The van der Waals surface area contributed by atoms with E-state index in [2.05, 4.69) is 0 Å². The number of hydrogen-bond acceptors (Lipinski definition) is 6. The Morgan fingerprint density at radius 2 is 1.00 bits per heavy atom. The first-order valence-corrected chi connectivity index (χ1v) is 7.59. The highest BCUT2D eigenvalue weighted by Crippen LogP contribution is 2.25. The number of halogens is 2. The zero-order valence-electron chi connectivity index (χ0n) is 12.2. The highest BCUT2D eigenvalue weighted by Gasteiger charge is 2.07. The Kier molecular flexibility index (Phi) is 7.35. The summed E-state index contributed by atoms with van der Waals surface area (Å²) in [6.45, 7) is 0. The Labute approximate surface area is 147 Å². The van der Waals surface area contributed by atoms with Crippen molar-refractivity contribution < 1.29 is 30.0 Å². The molecule has 0 amide bonds. The Bertz CT molecular complexity index is 682. The lowest BCUT2D eigenvalue weighted by atomic mass is 10.1. The van der Waals surface area contributed by atoms with Crippen molar-refractivity contribution in [3.8, 4) is 23.0 Å². The number of Topliss-reactive ketones (excluding diaryl/α,β-unsaturated/α-hetero) is 2. The summed E-state index contributed by atoms with van der Waals surface area (Å²) in [6.07, 6.45) is 0. The predicted octanol–water partition coefficient (Wildman–Crippen LogP) is 3.04. The molecule has 0 saturated heterocycles. The van der Waals surface area contributed by atoms with E-state index in [1.807, 2.05) is 0 Å². The molecule has 2 rings (SSSR count). The second kappa shape index (κ2) is 9.00. The first-order chi connectivity index (χ1) is 11.3. The Morgan fingerprint density at radius 3 is 1.25 bits per heavy atom. The van der Waals surface area contributed by atoms with Gasteiger partial charge >= 0.3 is 0 Å². The molecule has 0 heterocycles. The summed E-state index contributed by atoms with van der Waals surface area (Å²) < 4.78 is 0. The first kappa shape index (κ1) is 19.6. The van der Waals surface area contributed by atoms with E-state index in [9.17, 15) is 9.59 Å². The summed E-state index contributed by atoms with van der Waals surface area (Å²) in [4.78, 5) is 21.9. The van der Waals surface area contributed by atoms with Crippen molar-refractivity contribution in [2.24, 2.45) is 0 Å². The van der Waals surface area contributed by atoms with Crippen LogP contribution in [0.15, 0.2) is 36.4 Å². The van der Waals surface area contributed by atoms with Gasteiger partial charge in [0, 0.05) is 11.1 Å². The molecule has 6 nitrogen and oxygen atoms in total. The second-order valence-electron chi connectivity index (χ2n) is 4.52. The number of aromatic hydroxyl groups is 4. The van der Waals surface area contributed by atoms with Gasteiger partial charge in [-0.05, 0) is 36.4 Å². The fourth-order valence-electron chi connectivity index (χ4n) is 1.55. The molecular formula is C16H14Cl2O6. The average molecular weight is 373 g/mol. The summed E-state index contributed by atoms with van der Waals surface area (Å²) in [5, 5.41) is 35.8. The van der Waals surface area contributed by atoms with Gasteiger partial charge in [-0.3, -0.25) is 9.59 Å². The molecule has 0 saturated carbocycles. The fourth-order valence-corrected chi connectivity index (χ4v) is 1.86. The molecule has 0 fully saturated rings. The molecule has 0 aromatic heterocycles. The van der Waals surface area contributed by atoms with Crippen molar-refractivity contribution in [3.63, 3.8) is 0 Å². The van der Waals surface area contributed by atoms with Gasteiger partial charge in [0.05, 0.1) is 11.8 Å². The molecule has 4 N–H and O–H groups in total.